The number of hydrogen-bond donors (Lipinski definition) is 0. The van der Waals surface area contributed by atoms with Crippen molar-refractivity contribution in [3.8, 4) is 0 Å². The molecule has 0 radical (unpaired) electrons. The van der Waals surface area contributed by atoms with Crippen molar-refractivity contribution in [3.63, 3.8) is 0 Å². The van der Waals surface area contributed by atoms with Crippen LogP contribution in [-0.2, 0) is 6.42 Å². The third-order valence-corrected chi connectivity index (χ3v) is 3.62. The van der Waals surface area contributed by atoms with E-state index in [9.17, 15) is 0 Å². The zero-order valence-corrected chi connectivity index (χ0v) is 9.95. The molecule has 0 aliphatic heterocycles. The first-order valence-corrected chi connectivity index (χ1v) is 6.09. The Morgan fingerprint density at radius 1 is 1.31 bits per heavy atom. The van der Waals surface area contributed by atoms with Gasteiger partial charge in [0, 0.05) is 4.88 Å². The van der Waals surface area contributed by atoms with Gasteiger partial charge >= 0.3 is 0 Å². The predicted molar refractivity (Wildman–Crippen MR) is 61.6 cm³/mol. The quantitative estimate of drug-likeness (QED) is 0.667. The highest BCUT2D eigenvalue weighted by Crippen LogP contribution is 2.30. The van der Waals surface area contributed by atoms with Crippen LogP contribution in [0.5, 0.6) is 0 Å². The second-order valence-electron chi connectivity index (χ2n) is 4.19. The molecule has 0 fully saturated rings. The number of rotatable bonds is 4. The fourth-order valence-corrected chi connectivity index (χ4v) is 2.96. The predicted octanol–water partition coefficient (Wildman–Crippen LogP) is 4.46. The Balaban J connectivity index is 2.69. The molecule has 0 aliphatic rings. The SMILES string of the molecule is CCc1ccsc1C(C)CC(C)C. The fraction of sp³-hybridized carbons (Fsp3) is 0.667. The highest BCUT2D eigenvalue weighted by atomic mass is 32.1. The van der Waals surface area contributed by atoms with Gasteiger partial charge in [-0.15, -0.1) is 11.3 Å². The third kappa shape index (κ3) is 2.84. The normalized spacial score (nSPS) is 13.6. The minimum absolute atomic E-state index is 0.745. The molecule has 0 amide bonds. The molecule has 1 aromatic heterocycles. The molecule has 1 rings (SSSR count). The largest absolute Gasteiger partial charge is 0.148 e. The summed E-state index contributed by atoms with van der Waals surface area (Å²) in [5.74, 6) is 1.55. The van der Waals surface area contributed by atoms with Gasteiger partial charge in [0.05, 0.1) is 0 Å². The minimum Gasteiger partial charge on any atom is -0.148 e. The molecule has 0 nitrogen and oxygen atoms in total. The Kier molecular flexibility index (Phi) is 3.98. The van der Waals surface area contributed by atoms with E-state index in [4.69, 9.17) is 0 Å². The summed E-state index contributed by atoms with van der Waals surface area (Å²) in [5, 5.41) is 2.23. The number of aryl methyl sites for hydroxylation is 1. The zero-order chi connectivity index (χ0) is 9.84. The second-order valence-corrected chi connectivity index (χ2v) is 5.14. The Morgan fingerprint density at radius 3 is 2.54 bits per heavy atom. The second kappa shape index (κ2) is 4.80. The van der Waals surface area contributed by atoms with Gasteiger partial charge < -0.3 is 0 Å². The van der Waals surface area contributed by atoms with Crippen LogP contribution < -0.4 is 0 Å². The molecule has 74 valence electrons. The fourth-order valence-electron chi connectivity index (χ4n) is 1.89. The third-order valence-electron chi connectivity index (χ3n) is 2.43. The highest BCUT2D eigenvalue weighted by Gasteiger charge is 2.12. The van der Waals surface area contributed by atoms with Gasteiger partial charge in [0.1, 0.15) is 0 Å². The van der Waals surface area contributed by atoms with Gasteiger partial charge in [-0.2, -0.15) is 0 Å². The summed E-state index contributed by atoms with van der Waals surface area (Å²) in [6.07, 6.45) is 2.49. The lowest BCUT2D eigenvalue weighted by atomic mass is 9.95. The molecule has 1 unspecified atom stereocenters. The maximum atomic E-state index is 2.35. The molecule has 0 spiro atoms. The molecule has 1 atom stereocenters. The molecular formula is C12H20S. The van der Waals surface area contributed by atoms with E-state index in [0.717, 1.165) is 11.8 Å². The molecule has 0 saturated heterocycles. The monoisotopic (exact) mass is 196 g/mol. The van der Waals surface area contributed by atoms with E-state index in [-0.39, 0.29) is 0 Å². The lowest BCUT2D eigenvalue weighted by molar-refractivity contribution is 0.526. The molecule has 0 N–H and O–H groups in total. The zero-order valence-electron chi connectivity index (χ0n) is 9.13. The van der Waals surface area contributed by atoms with Crippen molar-refractivity contribution in [1.82, 2.24) is 0 Å². The van der Waals surface area contributed by atoms with E-state index in [0.29, 0.717) is 0 Å². The van der Waals surface area contributed by atoms with Crippen LogP contribution in [-0.4, -0.2) is 0 Å². The van der Waals surface area contributed by atoms with Gasteiger partial charge in [-0.25, -0.2) is 0 Å². The first-order chi connectivity index (χ1) is 6.15. The van der Waals surface area contributed by atoms with Gasteiger partial charge in [-0.3, -0.25) is 0 Å². The van der Waals surface area contributed by atoms with Crippen LogP contribution in [0.25, 0.3) is 0 Å². The van der Waals surface area contributed by atoms with Crippen LogP contribution in [0.4, 0.5) is 0 Å². The van der Waals surface area contributed by atoms with Crippen molar-refractivity contribution in [2.24, 2.45) is 5.92 Å². The van der Waals surface area contributed by atoms with Gasteiger partial charge in [-0.05, 0) is 41.7 Å². The first kappa shape index (κ1) is 10.8. The first-order valence-electron chi connectivity index (χ1n) is 5.21. The van der Waals surface area contributed by atoms with E-state index in [1.165, 1.54) is 12.8 Å². The summed E-state index contributed by atoms with van der Waals surface area (Å²) < 4.78 is 0. The van der Waals surface area contributed by atoms with Crippen molar-refractivity contribution >= 4 is 11.3 Å². The van der Waals surface area contributed by atoms with Crippen molar-refractivity contribution in [1.29, 1.82) is 0 Å². The van der Waals surface area contributed by atoms with E-state index < -0.39 is 0 Å². The summed E-state index contributed by atoms with van der Waals surface area (Å²) in [4.78, 5) is 1.61. The van der Waals surface area contributed by atoms with Crippen molar-refractivity contribution < 1.29 is 0 Å². The minimum atomic E-state index is 0.745. The molecule has 0 bridgehead atoms. The average molecular weight is 196 g/mol. The van der Waals surface area contributed by atoms with E-state index in [2.05, 4.69) is 39.1 Å². The van der Waals surface area contributed by atoms with Crippen molar-refractivity contribution in [2.75, 3.05) is 0 Å². The summed E-state index contributed by atoms with van der Waals surface area (Å²) >= 11 is 1.92. The summed E-state index contributed by atoms with van der Waals surface area (Å²) in [6.45, 7) is 9.20. The summed E-state index contributed by atoms with van der Waals surface area (Å²) in [5.41, 5.74) is 1.55. The van der Waals surface area contributed by atoms with Crippen LogP contribution >= 0.6 is 11.3 Å². The lowest BCUT2D eigenvalue weighted by Crippen LogP contribution is -1.98. The molecular weight excluding hydrogens is 176 g/mol. The molecule has 0 aromatic carbocycles. The van der Waals surface area contributed by atoms with Crippen LogP contribution in [0.2, 0.25) is 0 Å². The van der Waals surface area contributed by atoms with E-state index in [1.54, 1.807) is 10.4 Å². The van der Waals surface area contributed by atoms with Crippen LogP contribution in [0.3, 0.4) is 0 Å². The molecule has 1 aromatic rings. The molecule has 0 aliphatic carbocycles. The molecule has 13 heavy (non-hydrogen) atoms. The van der Waals surface area contributed by atoms with E-state index in [1.807, 2.05) is 11.3 Å². The molecule has 1 heteroatoms. The Labute approximate surface area is 86.0 Å². The lowest BCUT2D eigenvalue weighted by Gasteiger charge is -2.13. The van der Waals surface area contributed by atoms with Gasteiger partial charge in [0.2, 0.25) is 0 Å². The van der Waals surface area contributed by atoms with E-state index >= 15 is 0 Å². The summed E-state index contributed by atoms with van der Waals surface area (Å²) in [6, 6.07) is 2.27. The van der Waals surface area contributed by atoms with Crippen molar-refractivity contribution in [2.45, 2.75) is 46.5 Å². The van der Waals surface area contributed by atoms with Crippen LogP contribution in [0.1, 0.15) is 50.5 Å². The Bertz CT molecular complexity index is 247. The van der Waals surface area contributed by atoms with Gasteiger partial charge in [0.15, 0.2) is 0 Å². The van der Waals surface area contributed by atoms with Gasteiger partial charge in [0.25, 0.3) is 0 Å². The number of hydrogen-bond acceptors (Lipinski definition) is 1. The molecule has 0 saturated carbocycles. The van der Waals surface area contributed by atoms with Gasteiger partial charge in [-0.1, -0.05) is 27.7 Å². The van der Waals surface area contributed by atoms with Crippen molar-refractivity contribution in [3.05, 3.63) is 21.9 Å². The maximum absolute atomic E-state index is 2.35. The Hall–Kier alpha value is -0.300. The number of thiophene rings is 1. The molecule has 1 heterocycles. The standard InChI is InChI=1S/C12H20S/c1-5-11-6-7-13-12(11)10(4)8-9(2)3/h6-7,9-10H,5,8H2,1-4H3. The topological polar surface area (TPSA) is 0 Å². The highest BCUT2D eigenvalue weighted by molar-refractivity contribution is 7.10. The Morgan fingerprint density at radius 2 is 2.00 bits per heavy atom. The smallest absolute Gasteiger partial charge is 0.0105 e. The summed E-state index contributed by atoms with van der Waals surface area (Å²) in [7, 11) is 0. The van der Waals surface area contributed by atoms with Crippen LogP contribution in [0, 0.1) is 5.92 Å². The average Bonchev–Trinajstić information content (AvgIpc) is 2.49. The maximum Gasteiger partial charge on any atom is 0.0105 e. The van der Waals surface area contributed by atoms with Crippen LogP contribution in [0.15, 0.2) is 11.4 Å².